The van der Waals surface area contributed by atoms with Gasteiger partial charge in [-0.15, -0.1) is 0 Å². The Bertz CT molecular complexity index is 742. The number of hydrogen-bond donors (Lipinski definition) is 1. The molecule has 0 aliphatic carbocycles. The molecule has 2 aliphatic heterocycles. The number of benzene rings is 1. The Labute approximate surface area is 167 Å². The average molecular weight is 385 g/mol. The smallest absolute Gasteiger partial charge is 0.0565 e. The molecule has 0 bridgehead atoms. The summed E-state index contributed by atoms with van der Waals surface area (Å²) >= 11 is 2.03. The highest BCUT2D eigenvalue weighted by atomic mass is 32.2. The monoisotopic (exact) mass is 384 g/mol. The fraction of sp³-hybridized carbons (Fsp3) is 0.591. The van der Waals surface area contributed by atoms with Crippen LogP contribution in [0.5, 0.6) is 0 Å². The van der Waals surface area contributed by atoms with Crippen molar-refractivity contribution in [2.45, 2.75) is 51.2 Å². The molecule has 4 rings (SSSR count). The van der Waals surface area contributed by atoms with Crippen LogP contribution in [0.1, 0.15) is 45.6 Å². The Balaban J connectivity index is 1.39. The van der Waals surface area contributed by atoms with Gasteiger partial charge < -0.3 is 4.90 Å². The molecule has 0 spiro atoms. The second kappa shape index (κ2) is 7.88. The molecule has 3 heterocycles. The number of hydrogen-bond acceptors (Lipinski definition) is 4. The van der Waals surface area contributed by atoms with Crippen molar-refractivity contribution in [3.63, 3.8) is 0 Å². The molecule has 1 fully saturated rings. The van der Waals surface area contributed by atoms with Crippen LogP contribution < -0.4 is 4.90 Å². The molecule has 146 valence electrons. The van der Waals surface area contributed by atoms with E-state index in [1.165, 1.54) is 74.2 Å². The first-order chi connectivity index (χ1) is 13.0. The average Bonchev–Trinajstić information content (AvgIpc) is 3.17. The van der Waals surface area contributed by atoms with Crippen molar-refractivity contribution >= 4 is 17.6 Å². The van der Waals surface area contributed by atoms with E-state index in [0.29, 0.717) is 4.75 Å². The SMILES string of the molecule is CC(C)(C)SN1CCC(CN2CCCc3cc(-c4cn[nH]c4)ccc32)CC1. The molecule has 2 aromatic rings. The predicted molar refractivity (Wildman–Crippen MR) is 116 cm³/mol. The number of nitrogens with one attached hydrogen (secondary N) is 1. The topological polar surface area (TPSA) is 35.2 Å². The number of aromatic amines is 1. The zero-order chi connectivity index (χ0) is 18.9. The van der Waals surface area contributed by atoms with Gasteiger partial charge in [0.2, 0.25) is 0 Å². The third-order valence-corrected chi connectivity index (χ3v) is 6.75. The molecular formula is C22H32N4S. The molecule has 0 saturated carbocycles. The summed E-state index contributed by atoms with van der Waals surface area (Å²) in [5.74, 6) is 0.821. The van der Waals surface area contributed by atoms with Gasteiger partial charge in [0.05, 0.1) is 6.20 Å². The van der Waals surface area contributed by atoms with E-state index in [4.69, 9.17) is 0 Å². The van der Waals surface area contributed by atoms with Gasteiger partial charge in [-0.3, -0.25) is 9.40 Å². The lowest BCUT2D eigenvalue weighted by atomic mass is 9.93. The summed E-state index contributed by atoms with van der Waals surface area (Å²) in [4.78, 5) is 2.65. The molecule has 1 N–H and O–H groups in total. The lowest BCUT2D eigenvalue weighted by Gasteiger charge is -2.39. The molecule has 4 nitrogen and oxygen atoms in total. The second-order valence-corrected chi connectivity index (χ2v) is 10.9. The number of piperidine rings is 1. The molecule has 0 radical (unpaired) electrons. The number of anilines is 1. The van der Waals surface area contributed by atoms with Crippen molar-refractivity contribution in [3.8, 4) is 11.1 Å². The van der Waals surface area contributed by atoms with Crippen LogP contribution in [0.4, 0.5) is 5.69 Å². The minimum Gasteiger partial charge on any atom is -0.371 e. The highest BCUT2D eigenvalue weighted by Gasteiger charge is 2.26. The lowest BCUT2D eigenvalue weighted by Crippen LogP contribution is -2.39. The molecule has 5 heteroatoms. The van der Waals surface area contributed by atoms with Crippen molar-refractivity contribution in [1.29, 1.82) is 0 Å². The van der Waals surface area contributed by atoms with Crippen LogP contribution >= 0.6 is 11.9 Å². The summed E-state index contributed by atoms with van der Waals surface area (Å²) in [7, 11) is 0. The van der Waals surface area contributed by atoms with Gasteiger partial charge in [0.25, 0.3) is 0 Å². The molecular weight excluding hydrogens is 352 g/mol. The Morgan fingerprint density at radius 3 is 2.67 bits per heavy atom. The van der Waals surface area contributed by atoms with Crippen molar-refractivity contribution in [2.75, 3.05) is 31.1 Å². The normalized spacial score (nSPS) is 19.3. The number of H-pyrrole nitrogens is 1. The van der Waals surface area contributed by atoms with Gasteiger partial charge in [-0.25, -0.2) is 0 Å². The van der Waals surface area contributed by atoms with Gasteiger partial charge in [-0.05, 0) is 75.6 Å². The molecule has 1 saturated heterocycles. The molecule has 0 amide bonds. The van der Waals surface area contributed by atoms with E-state index in [-0.39, 0.29) is 0 Å². The van der Waals surface area contributed by atoms with Crippen molar-refractivity contribution in [2.24, 2.45) is 5.92 Å². The summed E-state index contributed by atoms with van der Waals surface area (Å²) < 4.78 is 2.91. The molecule has 0 atom stereocenters. The van der Waals surface area contributed by atoms with Crippen molar-refractivity contribution in [1.82, 2.24) is 14.5 Å². The first-order valence-electron chi connectivity index (χ1n) is 10.3. The van der Waals surface area contributed by atoms with Crippen LogP contribution in [-0.2, 0) is 6.42 Å². The number of fused-ring (bicyclic) bond motifs is 1. The number of aryl methyl sites for hydroxylation is 1. The van der Waals surface area contributed by atoms with E-state index < -0.39 is 0 Å². The third-order valence-electron chi connectivity index (χ3n) is 5.58. The fourth-order valence-electron chi connectivity index (χ4n) is 4.34. The Kier molecular flexibility index (Phi) is 5.51. The minimum atomic E-state index is 0.325. The maximum atomic E-state index is 4.09. The molecule has 2 aliphatic rings. The van der Waals surface area contributed by atoms with E-state index >= 15 is 0 Å². The fourth-order valence-corrected chi connectivity index (χ4v) is 5.50. The van der Waals surface area contributed by atoms with Crippen LogP contribution in [0, 0.1) is 5.92 Å². The number of rotatable bonds is 4. The summed E-state index contributed by atoms with van der Waals surface area (Å²) in [5, 5.41) is 7.01. The van der Waals surface area contributed by atoms with Gasteiger partial charge in [0.15, 0.2) is 0 Å². The standard InChI is InChI=1S/C22H32N4S/c1-22(2,3)27-26-11-8-17(9-12-26)16-25-10-4-5-19-13-18(6-7-21(19)25)20-14-23-24-15-20/h6-7,13-15,17H,4-5,8-12,16H2,1-3H3,(H,23,24). The Morgan fingerprint density at radius 2 is 1.96 bits per heavy atom. The minimum absolute atomic E-state index is 0.325. The van der Waals surface area contributed by atoms with E-state index in [1.807, 2.05) is 24.3 Å². The molecule has 0 unspecified atom stereocenters. The number of aromatic nitrogens is 2. The van der Waals surface area contributed by atoms with Crippen LogP contribution in [0.2, 0.25) is 0 Å². The van der Waals surface area contributed by atoms with E-state index in [0.717, 1.165) is 5.92 Å². The predicted octanol–water partition coefficient (Wildman–Crippen LogP) is 4.99. The number of nitrogens with zero attached hydrogens (tertiary/aromatic N) is 3. The van der Waals surface area contributed by atoms with Gasteiger partial charge in [0, 0.05) is 48.4 Å². The van der Waals surface area contributed by atoms with Gasteiger partial charge in [0.1, 0.15) is 0 Å². The summed E-state index contributed by atoms with van der Waals surface area (Å²) in [6, 6.07) is 6.96. The first kappa shape index (κ1) is 18.9. The maximum Gasteiger partial charge on any atom is 0.0565 e. The van der Waals surface area contributed by atoms with Crippen LogP contribution in [0.15, 0.2) is 30.6 Å². The quantitative estimate of drug-likeness (QED) is 0.754. The van der Waals surface area contributed by atoms with Crippen LogP contribution in [0.25, 0.3) is 11.1 Å². The first-order valence-corrected chi connectivity index (χ1v) is 11.1. The van der Waals surface area contributed by atoms with Crippen molar-refractivity contribution in [3.05, 3.63) is 36.2 Å². The van der Waals surface area contributed by atoms with E-state index in [9.17, 15) is 0 Å². The molecule has 1 aromatic carbocycles. The highest BCUT2D eigenvalue weighted by Crippen LogP contribution is 2.35. The zero-order valence-electron chi connectivity index (χ0n) is 16.9. The highest BCUT2D eigenvalue weighted by molar-refractivity contribution is 7.98. The van der Waals surface area contributed by atoms with Gasteiger partial charge in [-0.2, -0.15) is 5.10 Å². The Hall–Kier alpha value is -1.46. The van der Waals surface area contributed by atoms with E-state index in [1.54, 1.807) is 0 Å². The van der Waals surface area contributed by atoms with Crippen molar-refractivity contribution < 1.29 is 0 Å². The Morgan fingerprint density at radius 1 is 1.15 bits per heavy atom. The zero-order valence-corrected chi connectivity index (χ0v) is 17.7. The van der Waals surface area contributed by atoms with Crippen LogP contribution in [0.3, 0.4) is 0 Å². The van der Waals surface area contributed by atoms with Gasteiger partial charge in [-0.1, -0.05) is 18.0 Å². The molecule has 27 heavy (non-hydrogen) atoms. The second-order valence-electron chi connectivity index (χ2n) is 8.96. The lowest BCUT2D eigenvalue weighted by molar-refractivity contribution is 0.289. The molecule has 1 aromatic heterocycles. The van der Waals surface area contributed by atoms with E-state index in [2.05, 4.69) is 58.4 Å². The van der Waals surface area contributed by atoms with Crippen LogP contribution in [-0.4, -0.2) is 45.4 Å². The summed E-state index contributed by atoms with van der Waals surface area (Å²) in [6.45, 7) is 11.8. The largest absolute Gasteiger partial charge is 0.371 e. The maximum absolute atomic E-state index is 4.09. The third kappa shape index (κ3) is 4.69. The summed E-state index contributed by atoms with van der Waals surface area (Å²) in [6.07, 6.45) is 8.99. The van der Waals surface area contributed by atoms with Gasteiger partial charge >= 0.3 is 0 Å². The summed E-state index contributed by atoms with van der Waals surface area (Å²) in [5.41, 5.74) is 5.41.